The molecule has 0 aliphatic heterocycles. The van der Waals surface area contributed by atoms with E-state index < -0.39 is 10.1 Å². The van der Waals surface area contributed by atoms with Gasteiger partial charge in [0.05, 0.1) is 12.9 Å². The van der Waals surface area contributed by atoms with E-state index in [1.807, 2.05) is 0 Å². The fraction of sp³-hybridized carbons (Fsp3) is 0.800. The average Bonchev–Trinajstić information content (AvgIpc) is 2.14. The van der Waals surface area contributed by atoms with Gasteiger partial charge in [-0.15, -0.1) is 0 Å². The summed E-state index contributed by atoms with van der Waals surface area (Å²) in [5.41, 5.74) is 1.43. The monoisotopic (exact) mass is 218 g/mol. The molecule has 1 aliphatic rings. The Bertz CT molecular complexity index is 303. The van der Waals surface area contributed by atoms with Gasteiger partial charge in [0.1, 0.15) is 0 Å². The van der Waals surface area contributed by atoms with E-state index in [0.29, 0.717) is 6.61 Å². The Labute approximate surface area is 86.3 Å². The fourth-order valence-electron chi connectivity index (χ4n) is 1.73. The molecule has 82 valence electrons. The third-order valence-electron chi connectivity index (χ3n) is 2.49. The van der Waals surface area contributed by atoms with Crippen molar-refractivity contribution in [2.45, 2.75) is 32.6 Å². The maximum Gasteiger partial charge on any atom is 0.264 e. The van der Waals surface area contributed by atoms with Crippen LogP contribution >= 0.6 is 0 Å². The van der Waals surface area contributed by atoms with Gasteiger partial charge >= 0.3 is 0 Å². The first kappa shape index (κ1) is 11.7. The summed E-state index contributed by atoms with van der Waals surface area (Å²) in [5, 5.41) is 0. The zero-order valence-corrected chi connectivity index (χ0v) is 9.64. The van der Waals surface area contributed by atoms with Crippen molar-refractivity contribution >= 4 is 10.1 Å². The molecule has 3 nitrogen and oxygen atoms in total. The lowest BCUT2D eigenvalue weighted by molar-refractivity contribution is 0.268. The number of hydrogen-bond donors (Lipinski definition) is 0. The number of allylic oxidation sites excluding steroid dienone is 1. The standard InChI is InChI=1S/C10H18O3S/c1-3-9-5-4-6-10(7-9)8-13-14(2,11)12/h7,10H,3-6,8H2,1-2H3. The van der Waals surface area contributed by atoms with Gasteiger partial charge in [-0.25, -0.2) is 0 Å². The summed E-state index contributed by atoms with van der Waals surface area (Å²) < 4.78 is 26.4. The fourth-order valence-corrected chi connectivity index (χ4v) is 2.15. The SMILES string of the molecule is CCC1=CC(COS(C)(=O)=O)CCC1. The minimum Gasteiger partial charge on any atom is -0.270 e. The Morgan fingerprint density at radius 2 is 2.29 bits per heavy atom. The molecule has 0 saturated carbocycles. The summed E-state index contributed by atoms with van der Waals surface area (Å²) in [6.07, 6.45) is 7.69. The Balaban J connectivity index is 2.46. The molecule has 0 fully saturated rings. The molecular weight excluding hydrogens is 200 g/mol. The number of hydrogen-bond acceptors (Lipinski definition) is 3. The van der Waals surface area contributed by atoms with Crippen molar-refractivity contribution < 1.29 is 12.6 Å². The summed E-state index contributed by atoms with van der Waals surface area (Å²) in [7, 11) is -3.28. The molecule has 1 unspecified atom stereocenters. The summed E-state index contributed by atoms with van der Waals surface area (Å²) in [5.74, 6) is 0.286. The molecule has 0 radical (unpaired) electrons. The van der Waals surface area contributed by atoms with Gasteiger partial charge in [-0.2, -0.15) is 8.42 Å². The Hall–Kier alpha value is -0.350. The second-order valence-electron chi connectivity index (χ2n) is 3.82. The predicted octanol–water partition coefficient (Wildman–Crippen LogP) is 2.10. The van der Waals surface area contributed by atoms with E-state index in [9.17, 15) is 8.42 Å². The molecule has 1 atom stereocenters. The first-order chi connectivity index (χ1) is 6.51. The molecule has 0 aromatic carbocycles. The second kappa shape index (κ2) is 4.94. The average molecular weight is 218 g/mol. The molecule has 1 aliphatic carbocycles. The molecule has 0 saturated heterocycles. The van der Waals surface area contributed by atoms with Crippen molar-refractivity contribution in [2.24, 2.45) is 5.92 Å². The lowest BCUT2D eigenvalue weighted by Crippen LogP contribution is -2.14. The highest BCUT2D eigenvalue weighted by Crippen LogP contribution is 2.25. The van der Waals surface area contributed by atoms with Gasteiger partial charge in [-0.3, -0.25) is 4.18 Å². The van der Waals surface area contributed by atoms with Crippen LogP contribution in [-0.2, 0) is 14.3 Å². The van der Waals surface area contributed by atoms with Crippen LogP contribution in [0.25, 0.3) is 0 Å². The smallest absolute Gasteiger partial charge is 0.264 e. The van der Waals surface area contributed by atoms with Gasteiger partial charge in [0.25, 0.3) is 10.1 Å². The van der Waals surface area contributed by atoms with Crippen LogP contribution in [0, 0.1) is 5.92 Å². The Morgan fingerprint density at radius 1 is 1.57 bits per heavy atom. The van der Waals surface area contributed by atoms with Crippen LogP contribution in [-0.4, -0.2) is 21.3 Å². The van der Waals surface area contributed by atoms with E-state index in [-0.39, 0.29) is 5.92 Å². The minimum absolute atomic E-state index is 0.286. The predicted molar refractivity (Wildman–Crippen MR) is 56.5 cm³/mol. The second-order valence-corrected chi connectivity index (χ2v) is 5.46. The molecule has 0 bridgehead atoms. The zero-order valence-electron chi connectivity index (χ0n) is 8.82. The molecule has 0 aromatic heterocycles. The molecule has 0 spiro atoms. The molecular formula is C10H18O3S. The van der Waals surface area contributed by atoms with E-state index in [1.165, 1.54) is 5.57 Å². The minimum atomic E-state index is -3.28. The van der Waals surface area contributed by atoms with Gasteiger partial charge in [0.2, 0.25) is 0 Å². The van der Waals surface area contributed by atoms with E-state index in [2.05, 4.69) is 13.0 Å². The highest BCUT2D eigenvalue weighted by Gasteiger charge is 2.14. The van der Waals surface area contributed by atoms with Gasteiger partial charge in [0, 0.05) is 5.92 Å². The van der Waals surface area contributed by atoms with E-state index in [0.717, 1.165) is 31.9 Å². The number of rotatable bonds is 4. The molecule has 14 heavy (non-hydrogen) atoms. The molecule has 1 rings (SSSR count). The maximum atomic E-state index is 10.8. The molecule has 0 heterocycles. The normalized spacial score (nSPS) is 23.3. The van der Waals surface area contributed by atoms with E-state index in [1.54, 1.807) is 0 Å². The maximum absolute atomic E-state index is 10.8. The summed E-state index contributed by atoms with van der Waals surface area (Å²) in [6, 6.07) is 0. The van der Waals surface area contributed by atoms with Crippen LogP contribution < -0.4 is 0 Å². The summed E-state index contributed by atoms with van der Waals surface area (Å²) in [6.45, 7) is 2.44. The van der Waals surface area contributed by atoms with Crippen LogP contribution in [0.5, 0.6) is 0 Å². The van der Waals surface area contributed by atoms with Crippen LogP contribution in [0.2, 0.25) is 0 Å². The molecule has 4 heteroatoms. The van der Waals surface area contributed by atoms with Crippen LogP contribution in [0.3, 0.4) is 0 Å². The van der Waals surface area contributed by atoms with E-state index in [4.69, 9.17) is 4.18 Å². The van der Waals surface area contributed by atoms with Crippen molar-refractivity contribution in [1.29, 1.82) is 0 Å². The van der Waals surface area contributed by atoms with Crippen LogP contribution in [0.15, 0.2) is 11.6 Å². The first-order valence-electron chi connectivity index (χ1n) is 5.05. The molecule has 0 aromatic rings. The third kappa shape index (κ3) is 4.24. The van der Waals surface area contributed by atoms with Crippen molar-refractivity contribution in [3.63, 3.8) is 0 Å². The Kier molecular flexibility index (Phi) is 4.13. The highest BCUT2D eigenvalue weighted by atomic mass is 32.2. The van der Waals surface area contributed by atoms with Gasteiger partial charge in [-0.1, -0.05) is 18.6 Å². The van der Waals surface area contributed by atoms with Crippen molar-refractivity contribution in [3.05, 3.63) is 11.6 Å². The van der Waals surface area contributed by atoms with Crippen molar-refractivity contribution in [2.75, 3.05) is 12.9 Å². The summed E-state index contributed by atoms with van der Waals surface area (Å²) >= 11 is 0. The van der Waals surface area contributed by atoms with Crippen LogP contribution in [0.4, 0.5) is 0 Å². The van der Waals surface area contributed by atoms with Gasteiger partial charge < -0.3 is 0 Å². The molecule has 0 amide bonds. The topological polar surface area (TPSA) is 43.4 Å². The Morgan fingerprint density at radius 3 is 2.86 bits per heavy atom. The zero-order chi connectivity index (χ0) is 10.6. The highest BCUT2D eigenvalue weighted by molar-refractivity contribution is 7.85. The van der Waals surface area contributed by atoms with E-state index >= 15 is 0 Å². The lowest BCUT2D eigenvalue weighted by Gasteiger charge is -2.19. The van der Waals surface area contributed by atoms with Crippen molar-refractivity contribution in [3.8, 4) is 0 Å². The van der Waals surface area contributed by atoms with Gasteiger partial charge in [0.15, 0.2) is 0 Å². The van der Waals surface area contributed by atoms with Gasteiger partial charge in [-0.05, 0) is 25.7 Å². The molecule has 0 N–H and O–H groups in total. The lowest BCUT2D eigenvalue weighted by atomic mass is 9.90. The third-order valence-corrected chi connectivity index (χ3v) is 3.06. The first-order valence-corrected chi connectivity index (χ1v) is 6.87. The van der Waals surface area contributed by atoms with Crippen molar-refractivity contribution in [1.82, 2.24) is 0 Å². The van der Waals surface area contributed by atoms with Crippen LogP contribution in [0.1, 0.15) is 32.6 Å². The quantitative estimate of drug-likeness (QED) is 0.536. The largest absolute Gasteiger partial charge is 0.270 e. The summed E-state index contributed by atoms with van der Waals surface area (Å²) in [4.78, 5) is 0.